The Morgan fingerprint density at radius 1 is 1.07 bits per heavy atom. The maximum atomic E-state index is 9.76. The lowest BCUT2D eigenvalue weighted by atomic mass is 10.0. The number of allylic oxidation sites excluding steroid dienone is 1. The van der Waals surface area contributed by atoms with E-state index < -0.39 is 0 Å². The lowest BCUT2D eigenvalue weighted by molar-refractivity contribution is 0.170. The summed E-state index contributed by atoms with van der Waals surface area (Å²) >= 11 is 1.77. The van der Waals surface area contributed by atoms with Crippen LogP contribution >= 0.6 is 11.8 Å². The number of benzene rings is 1. The highest BCUT2D eigenvalue weighted by molar-refractivity contribution is 8.00. The second-order valence-electron chi connectivity index (χ2n) is 3.48. The summed E-state index contributed by atoms with van der Waals surface area (Å²) in [5, 5.41) is 10.1. The molecule has 0 bridgehead atoms. The Morgan fingerprint density at radius 3 is 2.50 bits per heavy atom. The zero-order chi connectivity index (χ0) is 9.80. The molecular formula is C12H14OS. The molecule has 0 aromatic heterocycles. The first-order chi connectivity index (χ1) is 6.86. The van der Waals surface area contributed by atoms with Gasteiger partial charge in [0, 0.05) is 10.1 Å². The Kier molecular flexibility index (Phi) is 3.27. The van der Waals surface area contributed by atoms with Crippen LogP contribution in [0.15, 0.2) is 47.4 Å². The standard InChI is InChI=1S/C12H14OS/c13-11-8-4-5-9-12(11)14-10-6-2-1-3-7-10/h1-7,11-13H,8-9H2/t11-,12-/m1/s1. The van der Waals surface area contributed by atoms with E-state index in [9.17, 15) is 5.11 Å². The third-order valence-electron chi connectivity index (χ3n) is 2.37. The van der Waals surface area contributed by atoms with Gasteiger partial charge in [0.05, 0.1) is 6.10 Å². The lowest BCUT2D eigenvalue weighted by Gasteiger charge is -2.23. The van der Waals surface area contributed by atoms with E-state index in [0.717, 1.165) is 12.8 Å². The Balaban J connectivity index is 2.00. The smallest absolute Gasteiger partial charge is 0.0699 e. The van der Waals surface area contributed by atoms with Crippen LogP contribution in [0.5, 0.6) is 0 Å². The van der Waals surface area contributed by atoms with Gasteiger partial charge in [0.2, 0.25) is 0 Å². The molecule has 2 heteroatoms. The highest BCUT2D eigenvalue weighted by Gasteiger charge is 2.20. The molecule has 0 heterocycles. The summed E-state index contributed by atoms with van der Waals surface area (Å²) in [5.74, 6) is 0. The molecule has 0 unspecified atom stereocenters. The minimum atomic E-state index is -0.190. The van der Waals surface area contributed by atoms with E-state index in [2.05, 4.69) is 24.3 Å². The fourth-order valence-electron chi connectivity index (χ4n) is 1.58. The normalized spacial score (nSPS) is 26.4. The van der Waals surface area contributed by atoms with E-state index in [1.807, 2.05) is 18.2 Å². The summed E-state index contributed by atoms with van der Waals surface area (Å²) in [5.41, 5.74) is 0. The van der Waals surface area contributed by atoms with Crippen LogP contribution in [-0.4, -0.2) is 16.5 Å². The fraction of sp³-hybridized carbons (Fsp3) is 0.333. The van der Waals surface area contributed by atoms with Gasteiger partial charge < -0.3 is 5.11 Å². The van der Waals surface area contributed by atoms with Gasteiger partial charge in [0.15, 0.2) is 0 Å². The Hall–Kier alpha value is -0.730. The Labute approximate surface area is 88.8 Å². The predicted molar refractivity (Wildman–Crippen MR) is 60.5 cm³/mol. The van der Waals surface area contributed by atoms with E-state index >= 15 is 0 Å². The summed E-state index contributed by atoms with van der Waals surface area (Å²) in [7, 11) is 0. The van der Waals surface area contributed by atoms with Crippen LogP contribution in [0.25, 0.3) is 0 Å². The quantitative estimate of drug-likeness (QED) is 0.751. The largest absolute Gasteiger partial charge is 0.392 e. The number of hydrogen-bond donors (Lipinski definition) is 1. The highest BCUT2D eigenvalue weighted by atomic mass is 32.2. The molecule has 2 atom stereocenters. The second-order valence-corrected chi connectivity index (χ2v) is 4.79. The van der Waals surface area contributed by atoms with Crippen LogP contribution in [0.1, 0.15) is 12.8 Å². The van der Waals surface area contributed by atoms with E-state index in [-0.39, 0.29) is 6.10 Å². The first-order valence-corrected chi connectivity index (χ1v) is 5.79. The van der Waals surface area contributed by atoms with Crippen molar-refractivity contribution in [2.24, 2.45) is 0 Å². The zero-order valence-electron chi connectivity index (χ0n) is 7.97. The lowest BCUT2D eigenvalue weighted by Crippen LogP contribution is -2.24. The highest BCUT2D eigenvalue weighted by Crippen LogP contribution is 2.30. The molecule has 1 aromatic rings. The minimum absolute atomic E-state index is 0.190. The number of thioether (sulfide) groups is 1. The van der Waals surface area contributed by atoms with Crippen molar-refractivity contribution in [2.45, 2.75) is 29.1 Å². The Bertz CT molecular complexity index is 307. The van der Waals surface area contributed by atoms with Crippen LogP contribution in [0, 0.1) is 0 Å². The van der Waals surface area contributed by atoms with E-state index in [4.69, 9.17) is 0 Å². The molecule has 1 aromatic carbocycles. The van der Waals surface area contributed by atoms with Crippen molar-refractivity contribution in [3.63, 3.8) is 0 Å². The number of hydrogen-bond acceptors (Lipinski definition) is 2. The monoisotopic (exact) mass is 206 g/mol. The van der Waals surface area contributed by atoms with Gasteiger partial charge in [0.25, 0.3) is 0 Å². The van der Waals surface area contributed by atoms with Gasteiger partial charge in [-0.2, -0.15) is 0 Å². The molecule has 0 amide bonds. The molecule has 0 saturated heterocycles. The summed E-state index contributed by atoms with van der Waals surface area (Å²) in [4.78, 5) is 1.24. The molecule has 2 rings (SSSR count). The van der Waals surface area contributed by atoms with Crippen molar-refractivity contribution in [3.8, 4) is 0 Å². The molecular weight excluding hydrogens is 192 g/mol. The third-order valence-corrected chi connectivity index (χ3v) is 3.73. The maximum Gasteiger partial charge on any atom is 0.0699 e. The first kappa shape index (κ1) is 9.81. The van der Waals surface area contributed by atoms with Crippen molar-refractivity contribution in [1.29, 1.82) is 0 Å². The minimum Gasteiger partial charge on any atom is -0.392 e. The molecule has 14 heavy (non-hydrogen) atoms. The van der Waals surface area contributed by atoms with Crippen molar-refractivity contribution >= 4 is 11.8 Å². The average Bonchev–Trinajstić information content (AvgIpc) is 2.23. The van der Waals surface area contributed by atoms with Crippen molar-refractivity contribution in [2.75, 3.05) is 0 Å². The molecule has 0 spiro atoms. The van der Waals surface area contributed by atoms with Gasteiger partial charge in [-0.3, -0.25) is 0 Å². The predicted octanol–water partition coefficient (Wildman–Crippen LogP) is 2.86. The molecule has 0 radical (unpaired) electrons. The maximum absolute atomic E-state index is 9.76. The number of aliphatic hydroxyl groups is 1. The summed E-state index contributed by atoms with van der Waals surface area (Å²) in [6, 6.07) is 10.3. The first-order valence-electron chi connectivity index (χ1n) is 4.91. The van der Waals surface area contributed by atoms with Crippen LogP contribution in [-0.2, 0) is 0 Å². The van der Waals surface area contributed by atoms with Crippen LogP contribution in [0.4, 0.5) is 0 Å². The molecule has 0 aliphatic heterocycles. The summed E-state index contributed by atoms with van der Waals surface area (Å²) in [6.45, 7) is 0. The van der Waals surface area contributed by atoms with E-state index in [1.165, 1.54) is 4.90 Å². The Morgan fingerprint density at radius 2 is 1.79 bits per heavy atom. The summed E-state index contributed by atoms with van der Waals surface area (Å²) in [6.07, 6.45) is 5.80. The zero-order valence-corrected chi connectivity index (χ0v) is 8.78. The fourth-order valence-corrected chi connectivity index (χ4v) is 2.71. The van der Waals surface area contributed by atoms with Gasteiger partial charge in [0.1, 0.15) is 0 Å². The third kappa shape index (κ3) is 2.40. The topological polar surface area (TPSA) is 20.2 Å². The van der Waals surface area contributed by atoms with Gasteiger partial charge in [-0.1, -0.05) is 30.4 Å². The van der Waals surface area contributed by atoms with Gasteiger partial charge >= 0.3 is 0 Å². The molecule has 0 saturated carbocycles. The molecule has 0 fully saturated rings. The molecule has 1 aliphatic carbocycles. The van der Waals surface area contributed by atoms with E-state index in [1.54, 1.807) is 11.8 Å². The molecule has 74 valence electrons. The number of rotatable bonds is 2. The van der Waals surface area contributed by atoms with Crippen LogP contribution < -0.4 is 0 Å². The van der Waals surface area contributed by atoms with Crippen molar-refractivity contribution < 1.29 is 5.11 Å². The number of aliphatic hydroxyl groups excluding tert-OH is 1. The van der Waals surface area contributed by atoms with Crippen LogP contribution in [0.2, 0.25) is 0 Å². The van der Waals surface area contributed by atoms with Gasteiger partial charge in [-0.15, -0.1) is 11.8 Å². The van der Waals surface area contributed by atoms with Crippen molar-refractivity contribution in [1.82, 2.24) is 0 Å². The summed E-state index contributed by atoms with van der Waals surface area (Å²) < 4.78 is 0. The van der Waals surface area contributed by atoms with Crippen molar-refractivity contribution in [3.05, 3.63) is 42.5 Å². The van der Waals surface area contributed by atoms with Gasteiger partial charge in [-0.25, -0.2) is 0 Å². The second kappa shape index (κ2) is 4.67. The van der Waals surface area contributed by atoms with E-state index in [0.29, 0.717) is 5.25 Å². The van der Waals surface area contributed by atoms with Gasteiger partial charge in [-0.05, 0) is 25.0 Å². The average molecular weight is 206 g/mol. The van der Waals surface area contributed by atoms with Crippen LogP contribution in [0.3, 0.4) is 0 Å². The molecule has 1 N–H and O–H groups in total. The molecule has 1 aliphatic rings. The molecule has 1 nitrogen and oxygen atoms in total. The SMILES string of the molecule is O[C@@H]1CC=CC[C@H]1Sc1ccccc1.